The normalized spacial score (nSPS) is 42.3. The van der Waals surface area contributed by atoms with E-state index in [1.807, 2.05) is 0 Å². The molecule has 3 fully saturated rings. The highest BCUT2D eigenvalue weighted by Crippen LogP contribution is 2.72. The zero-order valence-electron chi connectivity index (χ0n) is 23.6. The number of aromatic nitrogens is 1. The molecule has 0 spiro atoms. The maximum Gasteiger partial charge on any atom is 0.302 e. The molecule has 0 bridgehead atoms. The van der Waals surface area contributed by atoms with Crippen LogP contribution >= 0.6 is 0 Å². The second kappa shape index (κ2) is 8.25. The van der Waals surface area contributed by atoms with Crippen molar-refractivity contribution in [2.24, 2.45) is 39.9 Å². The fourth-order valence-electron chi connectivity index (χ4n) is 9.98. The van der Waals surface area contributed by atoms with Gasteiger partial charge >= 0.3 is 5.97 Å². The number of allylic oxidation sites excluding steroid dienone is 1. The van der Waals surface area contributed by atoms with Crippen LogP contribution in [0, 0.1) is 39.9 Å². The molecule has 35 heavy (non-hydrogen) atoms. The van der Waals surface area contributed by atoms with Crippen molar-refractivity contribution in [2.75, 3.05) is 0 Å². The Hall–Kier alpha value is -1.51. The van der Waals surface area contributed by atoms with Crippen molar-refractivity contribution in [1.29, 1.82) is 0 Å². The molecule has 0 aromatic carbocycles. The van der Waals surface area contributed by atoms with E-state index < -0.39 is 0 Å². The molecule has 1 aromatic heterocycles. The van der Waals surface area contributed by atoms with Crippen LogP contribution in [-0.2, 0) is 21.5 Å². The molecule has 1 aromatic rings. The molecule has 5 rings (SSSR count). The Morgan fingerprint density at radius 2 is 1.83 bits per heavy atom. The van der Waals surface area contributed by atoms with E-state index in [4.69, 9.17) is 4.74 Å². The molecular weight excluding hydrogens is 430 g/mol. The van der Waals surface area contributed by atoms with Crippen molar-refractivity contribution in [3.63, 3.8) is 0 Å². The first kappa shape index (κ1) is 25.2. The van der Waals surface area contributed by atoms with E-state index in [2.05, 4.69) is 77.6 Å². The van der Waals surface area contributed by atoms with Gasteiger partial charge in [-0.05, 0) is 83.1 Å². The van der Waals surface area contributed by atoms with Crippen molar-refractivity contribution in [2.45, 2.75) is 118 Å². The maximum atomic E-state index is 12.5. The van der Waals surface area contributed by atoms with Gasteiger partial charge in [0.15, 0.2) is 0 Å². The summed E-state index contributed by atoms with van der Waals surface area (Å²) >= 11 is 0. The van der Waals surface area contributed by atoms with E-state index in [9.17, 15) is 4.79 Å². The first-order valence-electron chi connectivity index (χ1n) is 14.4. The van der Waals surface area contributed by atoms with Gasteiger partial charge < -0.3 is 9.30 Å². The summed E-state index contributed by atoms with van der Waals surface area (Å²) in [4.78, 5) is 12.5. The summed E-state index contributed by atoms with van der Waals surface area (Å²) in [6.45, 7) is 19.9. The molecule has 0 aliphatic heterocycles. The minimum atomic E-state index is -0.185. The molecule has 3 nitrogen and oxygen atoms in total. The van der Waals surface area contributed by atoms with Crippen molar-refractivity contribution in [3.05, 3.63) is 29.6 Å². The molecule has 1 heterocycles. The van der Waals surface area contributed by atoms with Gasteiger partial charge in [0, 0.05) is 31.3 Å². The van der Waals surface area contributed by atoms with Gasteiger partial charge in [0.25, 0.3) is 0 Å². The number of carbonyl (C=O) groups is 1. The molecule has 4 aliphatic carbocycles. The molecule has 0 saturated heterocycles. The summed E-state index contributed by atoms with van der Waals surface area (Å²) < 4.78 is 8.72. The number of rotatable bonds is 4. The van der Waals surface area contributed by atoms with Gasteiger partial charge in [0.2, 0.25) is 0 Å². The van der Waals surface area contributed by atoms with Crippen LogP contribution in [0.15, 0.2) is 18.5 Å². The summed E-state index contributed by atoms with van der Waals surface area (Å²) in [6.07, 6.45) is 18.4. The largest absolute Gasteiger partial charge is 0.462 e. The number of hydrogen-bond donors (Lipinski definition) is 0. The van der Waals surface area contributed by atoms with Crippen LogP contribution in [0.3, 0.4) is 0 Å². The van der Waals surface area contributed by atoms with Crippen molar-refractivity contribution in [1.82, 2.24) is 4.57 Å². The average molecular weight is 480 g/mol. The Labute approximate surface area is 214 Å². The molecule has 3 saturated carbocycles. The fourth-order valence-corrected chi connectivity index (χ4v) is 9.98. The van der Waals surface area contributed by atoms with Gasteiger partial charge in [-0.25, -0.2) is 0 Å². The summed E-state index contributed by atoms with van der Waals surface area (Å²) in [5, 5.41) is 0. The summed E-state index contributed by atoms with van der Waals surface area (Å²) in [7, 11) is 0. The van der Waals surface area contributed by atoms with E-state index in [0.717, 1.165) is 18.9 Å². The lowest BCUT2D eigenvalue weighted by Crippen LogP contribution is -2.66. The van der Waals surface area contributed by atoms with Crippen LogP contribution in [0.5, 0.6) is 0 Å². The monoisotopic (exact) mass is 479 g/mol. The number of fused-ring (bicyclic) bond motifs is 7. The zero-order chi connectivity index (χ0) is 25.4. The fraction of sp³-hybridized carbons (Fsp3) is 0.781. The van der Waals surface area contributed by atoms with Crippen LogP contribution in [0.1, 0.15) is 111 Å². The van der Waals surface area contributed by atoms with Gasteiger partial charge in [-0.3, -0.25) is 4.79 Å². The highest BCUT2D eigenvalue weighted by Gasteiger charge is 2.67. The van der Waals surface area contributed by atoms with Crippen molar-refractivity contribution >= 4 is 12.0 Å². The first-order chi connectivity index (χ1) is 16.4. The molecule has 0 amide bonds. The standard InChI is InChI=1S/C32H49NO2/c1-9-21(2)18-33-19-23-11-12-26-31(7)16-13-25-29(4,5)14-10-15-30(25,6)27(31)17-28(35-22(3)34)32(26,8)24(23)20-33/h11-12,19-21,25-28H,9-10,13-18H2,1-8H3/t21?,25-,26-,27+,28+,30-,31-,32+/m0/s1. The molecule has 3 heteroatoms. The Kier molecular flexibility index (Phi) is 5.93. The molecule has 194 valence electrons. The van der Waals surface area contributed by atoms with Gasteiger partial charge in [-0.1, -0.05) is 73.5 Å². The quantitative estimate of drug-likeness (QED) is 0.409. The number of esters is 1. The number of carbonyl (C=O) groups excluding carboxylic acids is 1. The molecule has 4 aliphatic rings. The van der Waals surface area contributed by atoms with Crippen LogP contribution < -0.4 is 0 Å². The van der Waals surface area contributed by atoms with E-state index in [0.29, 0.717) is 28.6 Å². The number of ether oxygens (including phenoxy) is 1. The van der Waals surface area contributed by atoms with E-state index in [1.54, 1.807) is 6.92 Å². The molecular formula is C32H49NO2. The lowest BCUT2D eigenvalue weighted by atomic mass is 9.36. The SMILES string of the molecule is CCC(C)Cn1cc2c(c1)[C@@]1(C)[C@H](OC(C)=O)C[C@@H]3[C@@]4(C)CCCC(C)(C)[C@@H]4CC[C@@]3(C)[C@@H]1C=C2. The third kappa shape index (κ3) is 3.61. The topological polar surface area (TPSA) is 31.2 Å². The van der Waals surface area contributed by atoms with Gasteiger partial charge in [-0.2, -0.15) is 0 Å². The summed E-state index contributed by atoms with van der Waals surface area (Å²) in [5.74, 6) is 2.23. The van der Waals surface area contributed by atoms with E-state index in [-0.39, 0.29) is 22.9 Å². The Morgan fingerprint density at radius 3 is 2.51 bits per heavy atom. The predicted octanol–water partition coefficient (Wildman–Crippen LogP) is 8.02. The Bertz CT molecular complexity index is 1020. The third-order valence-electron chi connectivity index (χ3n) is 11.8. The number of hydrogen-bond acceptors (Lipinski definition) is 2. The van der Waals surface area contributed by atoms with E-state index >= 15 is 0 Å². The van der Waals surface area contributed by atoms with Crippen molar-refractivity contribution in [3.8, 4) is 0 Å². The Balaban J connectivity index is 1.61. The zero-order valence-corrected chi connectivity index (χ0v) is 23.6. The maximum absolute atomic E-state index is 12.5. The second-order valence-electron chi connectivity index (χ2n) is 14.3. The van der Waals surface area contributed by atoms with Gasteiger partial charge in [0.05, 0.1) is 0 Å². The Morgan fingerprint density at radius 1 is 1.09 bits per heavy atom. The summed E-state index contributed by atoms with van der Waals surface area (Å²) in [5.41, 5.74) is 3.46. The predicted molar refractivity (Wildman–Crippen MR) is 144 cm³/mol. The minimum Gasteiger partial charge on any atom is -0.462 e. The highest BCUT2D eigenvalue weighted by molar-refractivity contribution is 5.67. The van der Waals surface area contributed by atoms with Crippen LogP contribution in [0.25, 0.3) is 6.08 Å². The first-order valence-corrected chi connectivity index (χ1v) is 14.4. The van der Waals surface area contributed by atoms with E-state index in [1.165, 1.54) is 49.7 Å². The molecule has 0 N–H and O–H groups in total. The van der Waals surface area contributed by atoms with Crippen LogP contribution in [-0.4, -0.2) is 16.6 Å². The lowest BCUT2D eigenvalue weighted by molar-refractivity contribution is -0.205. The smallest absolute Gasteiger partial charge is 0.302 e. The molecule has 1 unspecified atom stereocenters. The van der Waals surface area contributed by atoms with Gasteiger partial charge in [0.1, 0.15) is 6.10 Å². The van der Waals surface area contributed by atoms with Crippen molar-refractivity contribution < 1.29 is 9.53 Å². The van der Waals surface area contributed by atoms with Gasteiger partial charge in [-0.15, -0.1) is 0 Å². The second-order valence-corrected chi connectivity index (χ2v) is 14.3. The summed E-state index contributed by atoms with van der Waals surface area (Å²) in [6, 6.07) is 0. The highest BCUT2D eigenvalue weighted by atomic mass is 16.5. The average Bonchev–Trinajstić information content (AvgIpc) is 3.18. The minimum absolute atomic E-state index is 0.0770. The number of nitrogens with zero attached hydrogens (tertiary/aromatic N) is 1. The third-order valence-corrected chi connectivity index (χ3v) is 11.8. The molecule has 0 radical (unpaired) electrons. The van der Waals surface area contributed by atoms with Crippen LogP contribution in [0.4, 0.5) is 0 Å². The van der Waals surface area contributed by atoms with Crippen LogP contribution in [0.2, 0.25) is 0 Å². The lowest BCUT2D eigenvalue weighted by Gasteiger charge is -2.69. The molecule has 8 atom stereocenters.